The lowest BCUT2D eigenvalue weighted by Gasteiger charge is -2.51. The van der Waals surface area contributed by atoms with E-state index in [0.29, 0.717) is 10.8 Å². The van der Waals surface area contributed by atoms with Crippen molar-refractivity contribution in [2.45, 2.75) is 79.7 Å². The second-order valence-electron chi connectivity index (χ2n) is 8.53. The first kappa shape index (κ1) is 17.0. The molecule has 1 N–H and O–H groups in total. The topological polar surface area (TPSA) is 24.9 Å². The maximum absolute atomic E-state index is 4.95. The number of aromatic nitrogens is 1. The minimum absolute atomic E-state index is 0.0605. The number of nitrogens with zero attached hydrogens (tertiary/aromatic N) is 1. The molecule has 120 valence electrons. The van der Waals surface area contributed by atoms with Crippen LogP contribution in [0.2, 0.25) is 0 Å². The highest BCUT2D eigenvalue weighted by Gasteiger charge is 2.49. The zero-order chi connectivity index (χ0) is 15.9. The van der Waals surface area contributed by atoms with E-state index in [1.807, 2.05) is 11.3 Å². The first-order valence-corrected chi connectivity index (χ1v) is 9.10. The average Bonchev–Trinajstić information content (AvgIpc) is 2.64. The van der Waals surface area contributed by atoms with Crippen LogP contribution in [0.5, 0.6) is 0 Å². The van der Waals surface area contributed by atoms with Crippen molar-refractivity contribution in [3.05, 3.63) is 15.6 Å². The SMILES string of the molecule is CCCNC1(c2nc(C)c(C)s2)CC(C)(C)CC(C)(C)C1. The molecule has 0 atom stereocenters. The van der Waals surface area contributed by atoms with Crippen LogP contribution in [0.25, 0.3) is 0 Å². The van der Waals surface area contributed by atoms with Crippen LogP contribution in [0.15, 0.2) is 0 Å². The monoisotopic (exact) mass is 308 g/mol. The van der Waals surface area contributed by atoms with Crippen LogP contribution in [0.3, 0.4) is 0 Å². The Kier molecular flexibility index (Phi) is 4.57. The van der Waals surface area contributed by atoms with Crippen LogP contribution in [-0.4, -0.2) is 11.5 Å². The summed E-state index contributed by atoms with van der Waals surface area (Å²) in [6, 6.07) is 0. The number of hydrogen-bond acceptors (Lipinski definition) is 3. The minimum atomic E-state index is 0.0605. The summed E-state index contributed by atoms with van der Waals surface area (Å²) in [4.78, 5) is 6.31. The quantitative estimate of drug-likeness (QED) is 0.828. The second-order valence-corrected chi connectivity index (χ2v) is 9.73. The second kappa shape index (κ2) is 5.66. The van der Waals surface area contributed by atoms with Crippen LogP contribution in [0, 0.1) is 24.7 Å². The van der Waals surface area contributed by atoms with Crippen molar-refractivity contribution in [1.29, 1.82) is 0 Å². The molecule has 1 aliphatic carbocycles. The smallest absolute Gasteiger partial charge is 0.113 e. The number of nitrogens with one attached hydrogen (secondary N) is 1. The van der Waals surface area contributed by atoms with Gasteiger partial charge in [0, 0.05) is 4.88 Å². The van der Waals surface area contributed by atoms with E-state index in [1.54, 1.807) is 0 Å². The normalized spacial score (nSPS) is 23.2. The Hall–Kier alpha value is -0.410. The molecule has 0 spiro atoms. The van der Waals surface area contributed by atoms with Crippen LogP contribution >= 0.6 is 11.3 Å². The largest absolute Gasteiger partial charge is 0.305 e. The van der Waals surface area contributed by atoms with Gasteiger partial charge in [-0.05, 0) is 56.9 Å². The number of aryl methyl sites for hydroxylation is 2. The minimum Gasteiger partial charge on any atom is -0.305 e. The highest BCUT2D eigenvalue weighted by Crippen LogP contribution is 2.54. The zero-order valence-corrected chi connectivity index (χ0v) is 15.7. The molecule has 0 saturated heterocycles. The third-order valence-corrected chi connectivity index (χ3v) is 5.95. The summed E-state index contributed by atoms with van der Waals surface area (Å²) >= 11 is 1.90. The molecule has 2 nitrogen and oxygen atoms in total. The molecule has 0 radical (unpaired) electrons. The summed E-state index contributed by atoms with van der Waals surface area (Å²) in [5.74, 6) is 0. The van der Waals surface area contributed by atoms with Gasteiger partial charge in [0.2, 0.25) is 0 Å². The predicted octanol–water partition coefficient (Wildman–Crippen LogP) is 5.19. The van der Waals surface area contributed by atoms with Gasteiger partial charge in [-0.2, -0.15) is 0 Å². The van der Waals surface area contributed by atoms with E-state index in [9.17, 15) is 0 Å². The summed E-state index contributed by atoms with van der Waals surface area (Å²) < 4.78 is 0. The summed E-state index contributed by atoms with van der Waals surface area (Å²) in [5, 5.41) is 5.21. The van der Waals surface area contributed by atoms with E-state index in [2.05, 4.69) is 53.8 Å². The third-order valence-electron chi connectivity index (χ3n) is 4.67. The molecule has 1 aromatic heterocycles. The number of rotatable bonds is 4. The van der Waals surface area contributed by atoms with Crippen molar-refractivity contribution in [2.75, 3.05) is 6.54 Å². The van der Waals surface area contributed by atoms with E-state index >= 15 is 0 Å². The summed E-state index contributed by atoms with van der Waals surface area (Å²) in [7, 11) is 0. The molecule has 1 saturated carbocycles. The van der Waals surface area contributed by atoms with E-state index < -0.39 is 0 Å². The standard InChI is InChI=1S/C18H32N2S/c1-8-9-19-18(15-20-13(2)14(3)21-15)11-16(4,5)10-17(6,7)12-18/h19H,8-12H2,1-7H3. The predicted molar refractivity (Wildman–Crippen MR) is 93.0 cm³/mol. The Morgan fingerprint density at radius 3 is 2.05 bits per heavy atom. The van der Waals surface area contributed by atoms with E-state index in [0.717, 1.165) is 6.54 Å². The third kappa shape index (κ3) is 3.68. The van der Waals surface area contributed by atoms with Gasteiger partial charge in [0.15, 0.2) is 0 Å². The Labute approximate surface area is 134 Å². The molecule has 1 aromatic rings. The van der Waals surface area contributed by atoms with Gasteiger partial charge >= 0.3 is 0 Å². The lowest BCUT2D eigenvalue weighted by Crippen LogP contribution is -2.53. The first-order chi connectivity index (χ1) is 9.59. The molecule has 0 aliphatic heterocycles. The summed E-state index contributed by atoms with van der Waals surface area (Å²) in [6.07, 6.45) is 4.84. The highest BCUT2D eigenvalue weighted by molar-refractivity contribution is 7.11. The summed E-state index contributed by atoms with van der Waals surface area (Å²) in [6.45, 7) is 17.3. The van der Waals surface area contributed by atoms with Gasteiger partial charge in [0.1, 0.15) is 5.01 Å². The highest BCUT2D eigenvalue weighted by atomic mass is 32.1. The Balaban J connectivity index is 2.45. The van der Waals surface area contributed by atoms with Crippen LogP contribution < -0.4 is 5.32 Å². The molecular formula is C18H32N2S. The molecule has 0 unspecified atom stereocenters. The first-order valence-electron chi connectivity index (χ1n) is 8.29. The van der Waals surface area contributed by atoms with Crippen molar-refractivity contribution in [3.8, 4) is 0 Å². The van der Waals surface area contributed by atoms with Gasteiger partial charge < -0.3 is 5.32 Å². The van der Waals surface area contributed by atoms with Crippen molar-refractivity contribution < 1.29 is 0 Å². The van der Waals surface area contributed by atoms with Gasteiger partial charge in [-0.15, -0.1) is 11.3 Å². The van der Waals surface area contributed by atoms with Crippen LogP contribution in [0.1, 0.15) is 75.9 Å². The van der Waals surface area contributed by atoms with Gasteiger partial charge in [-0.1, -0.05) is 34.6 Å². The molecular weight excluding hydrogens is 276 g/mol. The van der Waals surface area contributed by atoms with E-state index in [1.165, 1.54) is 41.3 Å². The Morgan fingerprint density at radius 2 is 1.62 bits per heavy atom. The van der Waals surface area contributed by atoms with Crippen molar-refractivity contribution in [3.63, 3.8) is 0 Å². The fourth-order valence-corrected chi connectivity index (χ4v) is 5.59. The lowest BCUT2D eigenvalue weighted by molar-refractivity contribution is 0.0259. The number of hydrogen-bond donors (Lipinski definition) is 1. The molecule has 1 aliphatic rings. The fraction of sp³-hybridized carbons (Fsp3) is 0.833. The van der Waals surface area contributed by atoms with Crippen LogP contribution in [0.4, 0.5) is 0 Å². The van der Waals surface area contributed by atoms with Gasteiger partial charge in [-0.25, -0.2) is 4.98 Å². The lowest BCUT2D eigenvalue weighted by atomic mass is 9.58. The van der Waals surface area contributed by atoms with E-state index in [-0.39, 0.29) is 5.54 Å². The fourth-order valence-electron chi connectivity index (χ4n) is 4.51. The molecule has 0 bridgehead atoms. The Bertz CT molecular complexity index is 464. The molecule has 21 heavy (non-hydrogen) atoms. The van der Waals surface area contributed by atoms with Gasteiger partial charge in [0.25, 0.3) is 0 Å². The van der Waals surface area contributed by atoms with Crippen molar-refractivity contribution >= 4 is 11.3 Å². The molecule has 2 rings (SSSR count). The molecule has 1 heterocycles. The van der Waals surface area contributed by atoms with E-state index in [4.69, 9.17) is 4.98 Å². The van der Waals surface area contributed by atoms with Gasteiger partial charge in [0.05, 0.1) is 11.2 Å². The average molecular weight is 309 g/mol. The maximum atomic E-state index is 4.95. The number of thiazole rings is 1. The van der Waals surface area contributed by atoms with Crippen LogP contribution in [-0.2, 0) is 5.54 Å². The summed E-state index contributed by atoms with van der Waals surface area (Å²) in [5.41, 5.74) is 1.98. The van der Waals surface area contributed by atoms with Gasteiger partial charge in [-0.3, -0.25) is 0 Å². The zero-order valence-electron chi connectivity index (χ0n) is 14.9. The molecule has 1 fully saturated rings. The van der Waals surface area contributed by atoms with Crippen molar-refractivity contribution in [2.24, 2.45) is 10.8 Å². The molecule has 0 amide bonds. The maximum Gasteiger partial charge on any atom is 0.113 e. The molecule has 3 heteroatoms. The Morgan fingerprint density at radius 1 is 1.05 bits per heavy atom. The molecule has 0 aromatic carbocycles. The van der Waals surface area contributed by atoms with Crippen molar-refractivity contribution in [1.82, 2.24) is 10.3 Å².